The van der Waals surface area contributed by atoms with Gasteiger partial charge in [0.1, 0.15) is 0 Å². The molecule has 0 aromatic heterocycles. The summed E-state index contributed by atoms with van der Waals surface area (Å²) >= 11 is 0. The number of benzene rings is 1. The molecule has 1 unspecified atom stereocenters. The predicted molar refractivity (Wildman–Crippen MR) is 67.5 cm³/mol. The van der Waals surface area contributed by atoms with Crippen molar-refractivity contribution >= 4 is 17.7 Å². The van der Waals surface area contributed by atoms with E-state index in [0.29, 0.717) is 13.0 Å². The second-order valence-electron chi connectivity index (χ2n) is 4.51. The molecule has 1 atom stereocenters. The highest BCUT2D eigenvalue weighted by molar-refractivity contribution is 5.90. The molecular formula is C13H16N2O3. The molecule has 5 heteroatoms. The number of urea groups is 1. The first-order valence-corrected chi connectivity index (χ1v) is 5.92. The van der Waals surface area contributed by atoms with Crippen LogP contribution in [0.3, 0.4) is 0 Å². The molecule has 0 spiro atoms. The van der Waals surface area contributed by atoms with Gasteiger partial charge >= 0.3 is 12.0 Å². The van der Waals surface area contributed by atoms with Gasteiger partial charge in [-0.2, -0.15) is 0 Å². The number of carboxylic acid groups (broad SMARTS) is 1. The third kappa shape index (κ3) is 2.61. The summed E-state index contributed by atoms with van der Waals surface area (Å²) < 4.78 is 0. The largest absolute Gasteiger partial charge is 0.481 e. The van der Waals surface area contributed by atoms with Crippen LogP contribution >= 0.6 is 0 Å². The van der Waals surface area contributed by atoms with E-state index in [0.717, 1.165) is 11.3 Å². The van der Waals surface area contributed by atoms with Gasteiger partial charge in [0.2, 0.25) is 0 Å². The number of aryl methyl sites for hydroxylation is 1. The summed E-state index contributed by atoms with van der Waals surface area (Å²) in [7, 11) is 0. The van der Waals surface area contributed by atoms with E-state index in [1.165, 1.54) is 0 Å². The Morgan fingerprint density at radius 1 is 1.39 bits per heavy atom. The molecule has 1 aromatic carbocycles. The van der Waals surface area contributed by atoms with E-state index in [9.17, 15) is 9.59 Å². The van der Waals surface area contributed by atoms with Gasteiger partial charge in [-0.3, -0.25) is 4.79 Å². The van der Waals surface area contributed by atoms with Crippen molar-refractivity contribution in [1.82, 2.24) is 4.90 Å². The monoisotopic (exact) mass is 248 g/mol. The Kier molecular flexibility index (Phi) is 3.50. The van der Waals surface area contributed by atoms with E-state index in [-0.39, 0.29) is 12.6 Å². The van der Waals surface area contributed by atoms with Crippen LogP contribution in [0.1, 0.15) is 12.0 Å². The topological polar surface area (TPSA) is 69.6 Å². The van der Waals surface area contributed by atoms with Gasteiger partial charge in [0.25, 0.3) is 0 Å². The first-order chi connectivity index (χ1) is 8.58. The Hall–Kier alpha value is -2.04. The fourth-order valence-electron chi connectivity index (χ4n) is 2.05. The number of hydrogen-bond donors (Lipinski definition) is 2. The SMILES string of the molecule is Cc1ccccc1NC(=O)N1CCC(C(=O)O)C1. The lowest BCUT2D eigenvalue weighted by Crippen LogP contribution is -2.33. The molecule has 5 nitrogen and oxygen atoms in total. The van der Waals surface area contributed by atoms with E-state index in [1.54, 1.807) is 4.90 Å². The maximum atomic E-state index is 12.0. The van der Waals surface area contributed by atoms with Crippen molar-refractivity contribution < 1.29 is 14.7 Å². The molecule has 1 aliphatic rings. The van der Waals surface area contributed by atoms with Crippen LogP contribution in [0.5, 0.6) is 0 Å². The molecule has 0 radical (unpaired) electrons. The minimum absolute atomic E-state index is 0.229. The quantitative estimate of drug-likeness (QED) is 0.840. The lowest BCUT2D eigenvalue weighted by molar-refractivity contribution is -0.141. The number of nitrogens with zero attached hydrogens (tertiary/aromatic N) is 1. The molecule has 18 heavy (non-hydrogen) atoms. The van der Waals surface area contributed by atoms with E-state index >= 15 is 0 Å². The average molecular weight is 248 g/mol. The zero-order valence-corrected chi connectivity index (χ0v) is 10.2. The molecule has 2 amide bonds. The Labute approximate surface area is 105 Å². The van der Waals surface area contributed by atoms with E-state index in [4.69, 9.17) is 5.11 Å². The number of carboxylic acids is 1. The second kappa shape index (κ2) is 5.08. The molecule has 0 aliphatic carbocycles. The van der Waals surface area contributed by atoms with Crippen molar-refractivity contribution in [3.8, 4) is 0 Å². The number of nitrogens with one attached hydrogen (secondary N) is 1. The van der Waals surface area contributed by atoms with Crippen molar-refractivity contribution in [2.24, 2.45) is 5.92 Å². The molecule has 1 aromatic rings. The first-order valence-electron chi connectivity index (χ1n) is 5.92. The zero-order valence-electron chi connectivity index (χ0n) is 10.2. The van der Waals surface area contributed by atoms with Gasteiger partial charge in [-0.15, -0.1) is 0 Å². The molecule has 2 rings (SSSR count). The molecular weight excluding hydrogens is 232 g/mol. The third-order valence-corrected chi connectivity index (χ3v) is 3.21. The average Bonchev–Trinajstić information content (AvgIpc) is 2.81. The number of likely N-dealkylation sites (tertiary alicyclic amines) is 1. The number of carbonyl (C=O) groups is 2. The fraction of sp³-hybridized carbons (Fsp3) is 0.385. The minimum atomic E-state index is -0.832. The Morgan fingerprint density at radius 2 is 2.11 bits per heavy atom. The molecule has 2 N–H and O–H groups in total. The van der Waals surface area contributed by atoms with Crippen LogP contribution in [-0.4, -0.2) is 35.1 Å². The van der Waals surface area contributed by atoms with Crippen LogP contribution in [0.2, 0.25) is 0 Å². The van der Waals surface area contributed by atoms with Gasteiger partial charge in [-0.1, -0.05) is 18.2 Å². The lowest BCUT2D eigenvalue weighted by atomic mass is 10.1. The van der Waals surface area contributed by atoms with Crippen molar-refractivity contribution in [2.45, 2.75) is 13.3 Å². The highest BCUT2D eigenvalue weighted by atomic mass is 16.4. The highest BCUT2D eigenvalue weighted by Crippen LogP contribution is 2.19. The van der Waals surface area contributed by atoms with Crippen LogP contribution in [0, 0.1) is 12.8 Å². The summed E-state index contributed by atoms with van der Waals surface area (Å²) in [5.41, 5.74) is 1.75. The second-order valence-corrected chi connectivity index (χ2v) is 4.51. The van der Waals surface area contributed by atoms with Crippen LogP contribution in [0.15, 0.2) is 24.3 Å². The number of rotatable bonds is 2. The fourth-order valence-corrected chi connectivity index (χ4v) is 2.05. The number of carbonyl (C=O) groups excluding carboxylic acids is 1. The maximum Gasteiger partial charge on any atom is 0.321 e. The molecule has 96 valence electrons. The number of para-hydroxylation sites is 1. The zero-order chi connectivity index (χ0) is 13.1. The van der Waals surface area contributed by atoms with Crippen molar-refractivity contribution in [3.05, 3.63) is 29.8 Å². The summed E-state index contributed by atoms with van der Waals surface area (Å²) in [5.74, 6) is -1.27. The number of aliphatic carboxylic acids is 1. The standard InChI is InChI=1S/C13H16N2O3/c1-9-4-2-3-5-11(9)14-13(18)15-7-6-10(8-15)12(16)17/h2-5,10H,6-8H2,1H3,(H,14,18)(H,16,17). The summed E-state index contributed by atoms with van der Waals surface area (Å²) in [6, 6.07) is 7.28. The molecule has 1 saturated heterocycles. The van der Waals surface area contributed by atoms with Gasteiger partial charge in [0.15, 0.2) is 0 Å². The van der Waals surface area contributed by atoms with Crippen molar-refractivity contribution in [1.29, 1.82) is 0 Å². The molecule has 1 aliphatic heterocycles. The smallest absolute Gasteiger partial charge is 0.321 e. The summed E-state index contributed by atoms with van der Waals surface area (Å²) in [5, 5.41) is 11.7. The Balaban J connectivity index is 1.98. The molecule has 0 bridgehead atoms. The number of anilines is 1. The van der Waals surface area contributed by atoms with Crippen molar-refractivity contribution in [2.75, 3.05) is 18.4 Å². The van der Waals surface area contributed by atoms with Gasteiger partial charge in [0, 0.05) is 18.8 Å². The van der Waals surface area contributed by atoms with Crippen LogP contribution in [0.4, 0.5) is 10.5 Å². The Bertz CT molecular complexity index is 473. The van der Waals surface area contributed by atoms with Crippen LogP contribution in [-0.2, 0) is 4.79 Å². The van der Waals surface area contributed by atoms with Gasteiger partial charge in [-0.25, -0.2) is 4.79 Å². The van der Waals surface area contributed by atoms with Gasteiger partial charge < -0.3 is 15.3 Å². The van der Waals surface area contributed by atoms with E-state index in [2.05, 4.69) is 5.32 Å². The normalized spacial score (nSPS) is 18.7. The lowest BCUT2D eigenvalue weighted by Gasteiger charge is -2.17. The summed E-state index contributed by atoms with van der Waals surface area (Å²) in [6.07, 6.45) is 0.524. The molecule has 1 fully saturated rings. The summed E-state index contributed by atoms with van der Waals surface area (Å²) in [4.78, 5) is 24.3. The summed E-state index contributed by atoms with van der Waals surface area (Å²) in [6.45, 7) is 2.70. The minimum Gasteiger partial charge on any atom is -0.481 e. The Morgan fingerprint density at radius 3 is 2.72 bits per heavy atom. The maximum absolute atomic E-state index is 12.0. The third-order valence-electron chi connectivity index (χ3n) is 3.21. The number of amides is 2. The first kappa shape index (κ1) is 12.4. The van der Waals surface area contributed by atoms with Crippen LogP contribution < -0.4 is 5.32 Å². The van der Waals surface area contributed by atoms with Crippen LogP contribution in [0.25, 0.3) is 0 Å². The van der Waals surface area contributed by atoms with Crippen molar-refractivity contribution in [3.63, 3.8) is 0 Å². The van der Waals surface area contributed by atoms with Gasteiger partial charge in [0.05, 0.1) is 5.92 Å². The predicted octanol–water partition coefficient (Wildman–Crippen LogP) is 1.93. The number of hydrogen-bond acceptors (Lipinski definition) is 2. The molecule has 1 heterocycles. The highest BCUT2D eigenvalue weighted by Gasteiger charge is 2.30. The van der Waals surface area contributed by atoms with E-state index < -0.39 is 11.9 Å². The van der Waals surface area contributed by atoms with Gasteiger partial charge in [-0.05, 0) is 25.0 Å². The van der Waals surface area contributed by atoms with E-state index in [1.807, 2.05) is 31.2 Å². The molecule has 0 saturated carbocycles.